The van der Waals surface area contributed by atoms with Crippen LogP contribution >= 0.6 is 0 Å². The minimum absolute atomic E-state index is 0.0638. The summed E-state index contributed by atoms with van der Waals surface area (Å²) in [5.74, 6) is 0.0638. The van der Waals surface area contributed by atoms with E-state index in [1.54, 1.807) is 6.20 Å². The van der Waals surface area contributed by atoms with Gasteiger partial charge in [-0.05, 0) is 36.6 Å². The normalized spacial score (nSPS) is 10.2. The van der Waals surface area contributed by atoms with Crippen molar-refractivity contribution in [3.63, 3.8) is 0 Å². The van der Waals surface area contributed by atoms with Gasteiger partial charge in [-0.3, -0.25) is 9.78 Å². The largest absolute Gasteiger partial charge is 0.352 e. The van der Waals surface area contributed by atoms with Crippen molar-refractivity contribution in [1.29, 1.82) is 0 Å². The lowest BCUT2D eigenvalue weighted by Gasteiger charge is -2.07. The molecule has 1 amide bonds. The van der Waals surface area contributed by atoms with E-state index in [2.05, 4.69) is 23.3 Å². The molecule has 0 aliphatic heterocycles. The van der Waals surface area contributed by atoms with Gasteiger partial charge in [-0.2, -0.15) is 0 Å². The Balaban J connectivity index is 1.78. The van der Waals surface area contributed by atoms with Crippen LogP contribution in [0, 0.1) is 6.92 Å². The zero-order chi connectivity index (χ0) is 13.5. The highest BCUT2D eigenvalue weighted by molar-refractivity contribution is 5.76. The Labute approximate surface area is 113 Å². The number of hydrogen-bond acceptors (Lipinski definition) is 2. The highest BCUT2D eigenvalue weighted by Crippen LogP contribution is 2.06. The second-order valence-corrected chi connectivity index (χ2v) is 4.52. The molecule has 0 saturated heterocycles. The molecule has 0 spiro atoms. The number of aromatic nitrogens is 1. The lowest BCUT2D eigenvalue weighted by molar-refractivity contribution is -0.121. The molecule has 1 aromatic carbocycles. The number of aryl methyl sites for hydroxylation is 2. The Bertz CT molecular complexity index is 537. The van der Waals surface area contributed by atoms with E-state index in [-0.39, 0.29) is 5.91 Å². The number of carbonyl (C=O) groups excluding carboxylic acids is 1. The first-order valence-corrected chi connectivity index (χ1v) is 6.47. The average Bonchev–Trinajstić information content (AvgIpc) is 2.45. The standard InChI is InChI=1S/C16H18N2O/c1-13-6-2-3-7-14(13)12-18-16(19)10-9-15-8-4-5-11-17-15/h2-8,11H,9-10,12H2,1H3,(H,18,19). The van der Waals surface area contributed by atoms with Crippen molar-refractivity contribution < 1.29 is 4.79 Å². The Morgan fingerprint density at radius 1 is 1.16 bits per heavy atom. The second-order valence-electron chi connectivity index (χ2n) is 4.52. The Morgan fingerprint density at radius 2 is 1.95 bits per heavy atom. The predicted octanol–water partition coefficient (Wildman–Crippen LogP) is 2.64. The van der Waals surface area contributed by atoms with E-state index in [4.69, 9.17) is 0 Å². The number of carbonyl (C=O) groups is 1. The van der Waals surface area contributed by atoms with Crippen LogP contribution in [0.2, 0.25) is 0 Å². The van der Waals surface area contributed by atoms with E-state index in [0.29, 0.717) is 19.4 Å². The van der Waals surface area contributed by atoms with Crippen molar-refractivity contribution in [2.75, 3.05) is 0 Å². The predicted molar refractivity (Wildman–Crippen MR) is 75.6 cm³/mol. The minimum atomic E-state index is 0.0638. The third-order valence-electron chi connectivity index (χ3n) is 3.07. The SMILES string of the molecule is Cc1ccccc1CNC(=O)CCc1ccccn1. The quantitative estimate of drug-likeness (QED) is 0.891. The number of nitrogens with zero attached hydrogens (tertiary/aromatic N) is 1. The maximum atomic E-state index is 11.8. The molecule has 0 fully saturated rings. The summed E-state index contributed by atoms with van der Waals surface area (Å²) >= 11 is 0. The Hall–Kier alpha value is -2.16. The molecule has 2 rings (SSSR count). The van der Waals surface area contributed by atoms with E-state index in [1.807, 2.05) is 36.4 Å². The summed E-state index contributed by atoms with van der Waals surface area (Å²) in [6, 6.07) is 13.8. The van der Waals surface area contributed by atoms with Crippen LogP contribution < -0.4 is 5.32 Å². The molecule has 0 aliphatic carbocycles. The van der Waals surface area contributed by atoms with Crippen molar-refractivity contribution in [2.24, 2.45) is 0 Å². The van der Waals surface area contributed by atoms with Crippen LogP contribution in [0.1, 0.15) is 23.2 Å². The third-order valence-corrected chi connectivity index (χ3v) is 3.07. The molecule has 19 heavy (non-hydrogen) atoms. The first-order valence-electron chi connectivity index (χ1n) is 6.47. The van der Waals surface area contributed by atoms with Crippen molar-refractivity contribution in [2.45, 2.75) is 26.3 Å². The summed E-state index contributed by atoms with van der Waals surface area (Å²) in [5.41, 5.74) is 3.31. The molecule has 0 radical (unpaired) electrons. The highest BCUT2D eigenvalue weighted by atomic mass is 16.1. The molecule has 0 bridgehead atoms. The third kappa shape index (κ3) is 4.21. The molecule has 0 unspecified atom stereocenters. The van der Waals surface area contributed by atoms with Gasteiger partial charge in [0.05, 0.1) is 0 Å². The molecule has 0 aliphatic rings. The molecule has 0 atom stereocenters. The zero-order valence-electron chi connectivity index (χ0n) is 11.1. The summed E-state index contributed by atoms with van der Waals surface area (Å²) in [4.78, 5) is 16.0. The number of amides is 1. The molecule has 1 N–H and O–H groups in total. The van der Waals surface area contributed by atoms with E-state index in [0.717, 1.165) is 11.3 Å². The van der Waals surface area contributed by atoms with Crippen LogP contribution in [0.25, 0.3) is 0 Å². The Kier molecular flexibility index (Phi) is 4.67. The molecule has 98 valence electrons. The fourth-order valence-corrected chi connectivity index (χ4v) is 1.88. The fourth-order valence-electron chi connectivity index (χ4n) is 1.88. The molecule has 2 aromatic rings. The van der Waals surface area contributed by atoms with Crippen LogP contribution in [0.5, 0.6) is 0 Å². The molecule has 3 heteroatoms. The maximum Gasteiger partial charge on any atom is 0.220 e. The van der Waals surface area contributed by atoms with Crippen LogP contribution in [0.15, 0.2) is 48.7 Å². The molecule has 1 heterocycles. The van der Waals surface area contributed by atoms with Gasteiger partial charge in [0.1, 0.15) is 0 Å². The van der Waals surface area contributed by atoms with Crippen molar-refractivity contribution in [3.8, 4) is 0 Å². The zero-order valence-corrected chi connectivity index (χ0v) is 11.1. The summed E-state index contributed by atoms with van der Waals surface area (Å²) < 4.78 is 0. The first kappa shape index (κ1) is 13.3. The topological polar surface area (TPSA) is 42.0 Å². The number of pyridine rings is 1. The first-order chi connectivity index (χ1) is 9.25. The summed E-state index contributed by atoms with van der Waals surface area (Å²) in [6.45, 7) is 2.64. The van der Waals surface area contributed by atoms with Gasteiger partial charge in [-0.1, -0.05) is 30.3 Å². The van der Waals surface area contributed by atoms with E-state index in [1.165, 1.54) is 5.56 Å². The van der Waals surface area contributed by atoms with Gasteiger partial charge in [0.2, 0.25) is 5.91 Å². The number of hydrogen-bond donors (Lipinski definition) is 1. The fraction of sp³-hybridized carbons (Fsp3) is 0.250. The van der Waals surface area contributed by atoms with Gasteiger partial charge in [0, 0.05) is 24.9 Å². The molecule has 1 aromatic heterocycles. The van der Waals surface area contributed by atoms with Crippen LogP contribution in [-0.2, 0) is 17.8 Å². The molecule has 0 saturated carbocycles. The lowest BCUT2D eigenvalue weighted by Crippen LogP contribution is -2.23. The van der Waals surface area contributed by atoms with Gasteiger partial charge < -0.3 is 5.32 Å². The van der Waals surface area contributed by atoms with Crippen LogP contribution in [-0.4, -0.2) is 10.9 Å². The lowest BCUT2D eigenvalue weighted by atomic mass is 10.1. The van der Waals surface area contributed by atoms with Crippen molar-refractivity contribution in [3.05, 3.63) is 65.5 Å². The second kappa shape index (κ2) is 6.69. The van der Waals surface area contributed by atoms with Gasteiger partial charge in [0.25, 0.3) is 0 Å². The smallest absolute Gasteiger partial charge is 0.220 e. The monoisotopic (exact) mass is 254 g/mol. The number of rotatable bonds is 5. The van der Waals surface area contributed by atoms with Gasteiger partial charge >= 0.3 is 0 Å². The summed E-state index contributed by atoms with van der Waals surface area (Å²) in [5, 5.41) is 2.94. The summed E-state index contributed by atoms with van der Waals surface area (Å²) in [7, 11) is 0. The van der Waals surface area contributed by atoms with Gasteiger partial charge in [0.15, 0.2) is 0 Å². The maximum absolute atomic E-state index is 11.8. The van der Waals surface area contributed by atoms with Crippen molar-refractivity contribution >= 4 is 5.91 Å². The van der Waals surface area contributed by atoms with E-state index >= 15 is 0 Å². The average molecular weight is 254 g/mol. The van der Waals surface area contributed by atoms with E-state index < -0.39 is 0 Å². The van der Waals surface area contributed by atoms with Gasteiger partial charge in [-0.15, -0.1) is 0 Å². The van der Waals surface area contributed by atoms with Crippen LogP contribution in [0.3, 0.4) is 0 Å². The molecular formula is C16H18N2O. The number of nitrogens with one attached hydrogen (secondary N) is 1. The molecule has 3 nitrogen and oxygen atoms in total. The number of benzene rings is 1. The van der Waals surface area contributed by atoms with Crippen LogP contribution in [0.4, 0.5) is 0 Å². The minimum Gasteiger partial charge on any atom is -0.352 e. The van der Waals surface area contributed by atoms with Gasteiger partial charge in [-0.25, -0.2) is 0 Å². The van der Waals surface area contributed by atoms with Crippen molar-refractivity contribution in [1.82, 2.24) is 10.3 Å². The van der Waals surface area contributed by atoms with E-state index in [9.17, 15) is 4.79 Å². The highest BCUT2D eigenvalue weighted by Gasteiger charge is 2.03. The summed E-state index contributed by atoms with van der Waals surface area (Å²) in [6.07, 6.45) is 2.91. The molecular weight excluding hydrogens is 236 g/mol. The Morgan fingerprint density at radius 3 is 2.68 bits per heavy atom.